The van der Waals surface area contributed by atoms with Crippen molar-refractivity contribution in [2.45, 2.75) is 19.8 Å². The summed E-state index contributed by atoms with van der Waals surface area (Å²) in [4.78, 5) is 10.0. The minimum atomic E-state index is 0. The Morgan fingerprint density at radius 3 is 2.32 bits per heavy atom. The second kappa shape index (κ2) is 10.1. The van der Waals surface area contributed by atoms with E-state index in [1.54, 1.807) is 0 Å². The molecule has 2 aromatic carbocycles. The van der Waals surface area contributed by atoms with Gasteiger partial charge in [0.15, 0.2) is 0 Å². The van der Waals surface area contributed by atoms with Gasteiger partial charge in [0.05, 0.1) is 5.69 Å². The van der Waals surface area contributed by atoms with Crippen LogP contribution in [-0.2, 0) is 12.8 Å². The average Bonchev–Trinajstić information content (AvgIpc) is 2.88. The molecule has 0 aromatic heterocycles. The smallest absolute Gasteiger partial charge is 0.136 e. The molecule has 2 aliphatic rings. The van der Waals surface area contributed by atoms with Crippen LogP contribution in [0.25, 0.3) is 5.57 Å². The first-order valence-corrected chi connectivity index (χ1v) is 9.64. The highest BCUT2D eigenvalue weighted by Gasteiger charge is 2.23. The predicted molar refractivity (Wildman–Crippen MR) is 125 cm³/mol. The Bertz CT molecular complexity index is 838. The number of halogens is 2. The van der Waals surface area contributed by atoms with E-state index in [4.69, 9.17) is 4.99 Å². The molecule has 2 heterocycles. The van der Waals surface area contributed by atoms with Crippen LogP contribution < -0.4 is 0 Å². The predicted octanol–water partition coefficient (Wildman–Crippen LogP) is 5.01. The lowest BCUT2D eigenvalue weighted by Gasteiger charge is -2.35. The van der Waals surface area contributed by atoms with Crippen molar-refractivity contribution in [1.29, 1.82) is 0 Å². The second-order valence-corrected chi connectivity index (χ2v) is 7.23. The maximum Gasteiger partial charge on any atom is 0.136 e. The van der Waals surface area contributed by atoms with Gasteiger partial charge in [-0.15, -0.1) is 24.8 Å². The summed E-state index contributed by atoms with van der Waals surface area (Å²) >= 11 is 0. The third-order valence-corrected chi connectivity index (χ3v) is 5.43. The normalized spacial score (nSPS) is 16.7. The molecule has 5 heteroatoms. The standard InChI is InChI=1S/C23H27N3.2ClH/c1-3-18-9-12-22-20(17-18)10-11-21(19-7-5-4-6-8-19)23(24-22)26-15-13-25(2)14-16-26;;/h4-9,11-12,17H,3,10,13-16H2,1-2H3;2*1H. The molecule has 28 heavy (non-hydrogen) atoms. The van der Waals surface area contributed by atoms with Crippen LogP contribution in [0.4, 0.5) is 5.69 Å². The van der Waals surface area contributed by atoms with Crippen LogP contribution >= 0.6 is 24.8 Å². The quantitative estimate of drug-likeness (QED) is 0.683. The first kappa shape index (κ1) is 22.5. The van der Waals surface area contributed by atoms with Crippen LogP contribution in [-0.4, -0.2) is 48.9 Å². The molecule has 0 N–H and O–H groups in total. The van der Waals surface area contributed by atoms with Gasteiger partial charge in [-0.1, -0.05) is 55.5 Å². The minimum Gasteiger partial charge on any atom is -0.354 e. The molecule has 0 saturated carbocycles. The molecule has 0 bridgehead atoms. The van der Waals surface area contributed by atoms with Gasteiger partial charge in [0.25, 0.3) is 0 Å². The number of hydrogen-bond donors (Lipinski definition) is 0. The molecule has 0 aliphatic carbocycles. The van der Waals surface area contributed by atoms with E-state index in [9.17, 15) is 0 Å². The molecule has 2 aromatic rings. The summed E-state index contributed by atoms with van der Waals surface area (Å²) in [5, 5.41) is 0. The molecule has 4 rings (SSSR count). The molecule has 3 nitrogen and oxygen atoms in total. The Hall–Kier alpha value is -1.81. The Morgan fingerprint density at radius 2 is 1.64 bits per heavy atom. The molecule has 1 saturated heterocycles. The Kier molecular flexibility index (Phi) is 8.11. The Labute approximate surface area is 181 Å². The van der Waals surface area contributed by atoms with Crippen molar-refractivity contribution >= 4 is 41.9 Å². The topological polar surface area (TPSA) is 18.8 Å². The highest BCUT2D eigenvalue weighted by atomic mass is 35.5. The molecule has 1 fully saturated rings. The van der Waals surface area contributed by atoms with Gasteiger partial charge in [0, 0.05) is 31.8 Å². The summed E-state index contributed by atoms with van der Waals surface area (Å²) in [6.45, 7) is 6.44. The summed E-state index contributed by atoms with van der Waals surface area (Å²) in [5.74, 6) is 1.13. The second-order valence-electron chi connectivity index (χ2n) is 7.23. The van der Waals surface area contributed by atoms with Gasteiger partial charge < -0.3 is 9.80 Å². The number of fused-ring (bicyclic) bond motifs is 1. The van der Waals surface area contributed by atoms with E-state index in [1.165, 1.54) is 22.3 Å². The third kappa shape index (κ3) is 4.78. The number of hydrogen-bond acceptors (Lipinski definition) is 3. The van der Waals surface area contributed by atoms with E-state index >= 15 is 0 Å². The van der Waals surface area contributed by atoms with Gasteiger partial charge in [-0.3, -0.25) is 0 Å². The van der Waals surface area contributed by atoms with E-state index in [0.29, 0.717) is 0 Å². The molecule has 0 amide bonds. The highest BCUT2D eigenvalue weighted by Crippen LogP contribution is 2.31. The zero-order chi connectivity index (χ0) is 17.9. The van der Waals surface area contributed by atoms with Crippen LogP contribution in [0.1, 0.15) is 23.6 Å². The summed E-state index contributed by atoms with van der Waals surface area (Å²) in [5.41, 5.74) is 6.37. The van der Waals surface area contributed by atoms with Crippen molar-refractivity contribution in [2.24, 2.45) is 4.99 Å². The number of piperazine rings is 1. The van der Waals surface area contributed by atoms with E-state index in [0.717, 1.165) is 50.5 Å². The number of likely N-dealkylation sites (N-methyl/N-ethyl adjacent to an activating group) is 1. The van der Waals surface area contributed by atoms with Crippen LogP contribution in [0.2, 0.25) is 0 Å². The Morgan fingerprint density at radius 1 is 0.929 bits per heavy atom. The number of rotatable bonds is 2. The molecule has 150 valence electrons. The zero-order valence-electron chi connectivity index (χ0n) is 16.6. The van der Waals surface area contributed by atoms with Crippen LogP contribution in [0.3, 0.4) is 0 Å². The molecular weight excluding hydrogens is 389 g/mol. The van der Waals surface area contributed by atoms with E-state index in [-0.39, 0.29) is 24.8 Å². The number of allylic oxidation sites excluding steroid dienone is 1. The fourth-order valence-corrected chi connectivity index (χ4v) is 3.73. The summed E-state index contributed by atoms with van der Waals surface area (Å²) in [7, 11) is 2.20. The monoisotopic (exact) mass is 417 g/mol. The van der Waals surface area contributed by atoms with E-state index in [2.05, 4.69) is 78.4 Å². The summed E-state index contributed by atoms with van der Waals surface area (Å²) in [6, 6.07) is 17.5. The van der Waals surface area contributed by atoms with Crippen LogP contribution in [0.15, 0.2) is 59.6 Å². The fourth-order valence-electron chi connectivity index (χ4n) is 3.73. The molecule has 0 atom stereocenters. The van der Waals surface area contributed by atoms with Gasteiger partial charge >= 0.3 is 0 Å². The van der Waals surface area contributed by atoms with Crippen molar-refractivity contribution in [3.8, 4) is 0 Å². The first-order chi connectivity index (χ1) is 12.7. The molecule has 2 aliphatic heterocycles. The van der Waals surface area contributed by atoms with Crippen molar-refractivity contribution in [3.63, 3.8) is 0 Å². The van der Waals surface area contributed by atoms with Gasteiger partial charge in [0.1, 0.15) is 5.84 Å². The van der Waals surface area contributed by atoms with E-state index < -0.39 is 0 Å². The summed E-state index contributed by atoms with van der Waals surface area (Å²) in [6.07, 6.45) is 4.38. The largest absolute Gasteiger partial charge is 0.354 e. The average molecular weight is 418 g/mol. The van der Waals surface area contributed by atoms with Crippen molar-refractivity contribution in [1.82, 2.24) is 9.80 Å². The fraction of sp³-hybridized carbons (Fsp3) is 0.348. The molecule has 0 unspecified atom stereocenters. The minimum absolute atomic E-state index is 0. The van der Waals surface area contributed by atoms with Crippen molar-refractivity contribution in [2.75, 3.05) is 33.2 Å². The lowest BCUT2D eigenvalue weighted by atomic mass is 10.0. The maximum absolute atomic E-state index is 5.18. The third-order valence-electron chi connectivity index (χ3n) is 5.43. The van der Waals surface area contributed by atoms with Crippen molar-refractivity contribution < 1.29 is 0 Å². The number of aliphatic imine (C=N–C) groups is 1. The lowest BCUT2D eigenvalue weighted by molar-refractivity contribution is 0.216. The van der Waals surface area contributed by atoms with Gasteiger partial charge in [0.2, 0.25) is 0 Å². The summed E-state index contributed by atoms with van der Waals surface area (Å²) < 4.78 is 0. The molecule has 0 radical (unpaired) electrons. The molecular formula is C23H29Cl2N3. The van der Waals surface area contributed by atoms with Crippen LogP contribution in [0.5, 0.6) is 0 Å². The molecule has 0 spiro atoms. The number of nitrogens with zero attached hydrogens (tertiary/aromatic N) is 3. The number of amidine groups is 1. The first-order valence-electron chi connectivity index (χ1n) is 9.64. The number of benzene rings is 2. The van der Waals surface area contributed by atoms with Gasteiger partial charge in [-0.05, 0) is 42.6 Å². The van der Waals surface area contributed by atoms with Gasteiger partial charge in [-0.2, -0.15) is 0 Å². The van der Waals surface area contributed by atoms with Gasteiger partial charge in [-0.25, -0.2) is 4.99 Å². The zero-order valence-corrected chi connectivity index (χ0v) is 18.2. The highest BCUT2D eigenvalue weighted by molar-refractivity contribution is 6.23. The van der Waals surface area contributed by atoms with E-state index in [1.807, 2.05) is 0 Å². The van der Waals surface area contributed by atoms with Crippen LogP contribution in [0, 0.1) is 0 Å². The number of aryl methyl sites for hydroxylation is 1. The SMILES string of the molecule is CCc1ccc2c(c1)CC=C(c1ccccc1)C(N1CCN(C)CC1)=N2.Cl.Cl. The maximum atomic E-state index is 5.18. The Balaban J connectivity index is 0.00000140. The van der Waals surface area contributed by atoms with Crippen molar-refractivity contribution in [3.05, 3.63) is 71.3 Å². The lowest BCUT2D eigenvalue weighted by Crippen LogP contribution is -2.47.